The summed E-state index contributed by atoms with van der Waals surface area (Å²) in [6.45, 7) is 2.61. The fourth-order valence-corrected chi connectivity index (χ4v) is 6.46. The van der Waals surface area contributed by atoms with E-state index in [0.717, 1.165) is 12.8 Å². The molecule has 160 valence electrons. The first-order valence-corrected chi connectivity index (χ1v) is 12.5. The van der Waals surface area contributed by atoms with Crippen molar-refractivity contribution in [3.05, 3.63) is 51.2 Å². The molecule has 2 fully saturated rings. The van der Waals surface area contributed by atoms with E-state index in [2.05, 4.69) is 0 Å². The minimum Gasteiger partial charge on any atom is -0.335 e. The molecule has 0 atom stereocenters. The number of carbonyl (C=O) groups is 2. The number of halogens is 1. The number of benzene rings is 1. The first kappa shape index (κ1) is 21.3. The summed E-state index contributed by atoms with van der Waals surface area (Å²) in [5.74, 6) is -0.282. The normalized spacial score (nSPS) is 18.0. The summed E-state index contributed by atoms with van der Waals surface area (Å²) in [5, 5.41) is 1.98. The molecular formula is C20H22ClN3O4S2. The third-order valence-corrected chi connectivity index (χ3v) is 8.69. The maximum atomic E-state index is 13.0. The van der Waals surface area contributed by atoms with Crippen LogP contribution in [0.3, 0.4) is 0 Å². The van der Waals surface area contributed by atoms with Crippen molar-refractivity contribution in [1.29, 1.82) is 0 Å². The van der Waals surface area contributed by atoms with Gasteiger partial charge in [-0.25, -0.2) is 8.42 Å². The van der Waals surface area contributed by atoms with E-state index in [1.54, 1.807) is 21.9 Å². The lowest BCUT2D eigenvalue weighted by molar-refractivity contribution is 0.0538. The lowest BCUT2D eigenvalue weighted by Gasteiger charge is -2.34. The molecule has 1 aromatic heterocycles. The van der Waals surface area contributed by atoms with E-state index in [0.29, 0.717) is 44.1 Å². The second-order valence-corrected chi connectivity index (χ2v) is 10.6. The maximum absolute atomic E-state index is 13.0. The van der Waals surface area contributed by atoms with Crippen LogP contribution in [0.5, 0.6) is 0 Å². The van der Waals surface area contributed by atoms with Gasteiger partial charge in [-0.3, -0.25) is 9.59 Å². The van der Waals surface area contributed by atoms with Gasteiger partial charge in [0.2, 0.25) is 10.0 Å². The molecule has 0 N–H and O–H groups in total. The zero-order chi connectivity index (χ0) is 21.3. The second-order valence-electron chi connectivity index (χ2n) is 7.32. The summed E-state index contributed by atoms with van der Waals surface area (Å²) in [6, 6.07) is 8.03. The van der Waals surface area contributed by atoms with Gasteiger partial charge < -0.3 is 9.80 Å². The monoisotopic (exact) mass is 467 g/mol. The average molecular weight is 468 g/mol. The van der Waals surface area contributed by atoms with Crippen molar-refractivity contribution in [3.8, 4) is 0 Å². The Morgan fingerprint density at radius 3 is 2.13 bits per heavy atom. The average Bonchev–Trinajstić information content (AvgIpc) is 3.47. The van der Waals surface area contributed by atoms with Crippen LogP contribution in [0.15, 0.2) is 40.6 Å². The van der Waals surface area contributed by atoms with E-state index in [4.69, 9.17) is 11.6 Å². The number of rotatable bonds is 4. The molecular weight excluding hydrogens is 446 g/mol. The second kappa shape index (κ2) is 8.66. The number of hydrogen-bond donors (Lipinski definition) is 0. The van der Waals surface area contributed by atoms with Crippen molar-refractivity contribution >= 4 is 44.8 Å². The Balaban J connectivity index is 1.47. The zero-order valence-corrected chi connectivity index (χ0v) is 18.7. The van der Waals surface area contributed by atoms with Crippen LogP contribution < -0.4 is 0 Å². The number of nitrogens with zero attached hydrogens (tertiary/aromatic N) is 3. The van der Waals surface area contributed by atoms with Gasteiger partial charge in [-0.15, -0.1) is 11.3 Å². The molecule has 2 aliphatic heterocycles. The molecule has 0 unspecified atom stereocenters. The number of amides is 2. The summed E-state index contributed by atoms with van der Waals surface area (Å²) in [4.78, 5) is 29.5. The van der Waals surface area contributed by atoms with E-state index < -0.39 is 10.0 Å². The maximum Gasteiger partial charge on any atom is 0.264 e. The molecule has 0 aliphatic carbocycles. The minimum atomic E-state index is -3.72. The molecule has 2 aromatic rings. The lowest BCUT2D eigenvalue weighted by Crippen LogP contribution is -2.50. The van der Waals surface area contributed by atoms with E-state index in [-0.39, 0.29) is 27.3 Å². The standard InChI is InChI=1S/C20H22ClN3O4S2/c21-16-6-5-15(14-18(16)30(27,28)24-7-1-2-8-24)19(25)22-9-11-23(12-10-22)20(26)17-4-3-13-29-17/h3-6,13-14H,1-2,7-12H2. The van der Waals surface area contributed by atoms with Gasteiger partial charge in [-0.2, -0.15) is 4.31 Å². The summed E-state index contributed by atoms with van der Waals surface area (Å²) < 4.78 is 27.2. The van der Waals surface area contributed by atoms with Crippen molar-refractivity contribution in [3.63, 3.8) is 0 Å². The molecule has 2 saturated heterocycles. The smallest absolute Gasteiger partial charge is 0.264 e. The predicted molar refractivity (Wildman–Crippen MR) is 116 cm³/mol. The highest BCUT2D eigenvalue weighted by Gasteiger charge is 2.31. The van der Waals surface area contributed by atoms with E-state index >= 15 is 0 Å². The van der Waals surface area contributed by atoms with Crippen molar-refractivity contribution in [2.24, 2.45) is 0 Å². The van der Waals surface area contributed by atoms with Gasteiger partial charge >= 0.3 is 0 Å². The Kier molecular flexibility index (Phi) is 6.15. The van der Waals surface area contributed by atoms with Gasteiger partial charge in [0, 0.05) is 44.8 Å². The van der Waals surface area contributed by atoms with Crippen LogP contribution in [0, 0.1) is 0 Å². The largest absolute Gasteiger partial charge is 0.335 e. The van der Waals surface area contributed by atoms with Gasteiger partial charge in [0.05, 0.1) is 9.90 Å². The summed E-state index contributed by atoms with van der Waals surface area (Å²) >= 11 is 7.58. The van der Waals surface area contributed by atoms with Crippen molar-refractivity contribution in [2.75, 3.05) is 39.3 Å². The summed E-state index contributed by atoms with van der Waals surface area (Å²) in [6.07, 6.45) is 1.65. The molecule has 1 aromatic carbocycles. The van der Waals surface area contributed by atoms with E-state index in [1.807, 2.05) is 11.4 Å². The minimum absolute atomic E-state index is 0.0246. The first-order valence-electron chi connectivity index (χ1n) is 9.80. The summed E-state index contributed by atoms with van der Waals surface area (Å²) in [5.41, 5.74) is 0.287. The molecule has 10 heteroatoms. The third-order valence-electron chi connectivity index (χ3n) is 5.45. The van der Waals surface area contributed by atoms with Gasteiger partial charge in [0.25, 0.3) is 11.8 Å². The van der Waals surface area contributed by atoms with Crippen LogP contribution >= 0.6 is 22.9 Å². The van der Waals surface area contributed by atoms with Crippen LogP contribution in [0.25, 0.3) is 0 Å². The van der Waals surface area contributed by atoms with Crippen LogP contribution in [0.1, 0.15) is 32.9 Å². The number of piperazine rings is 1. The van der Waals surface area contributed by atoms with Crippen LogP contribution in [0.4, 0.5) is 0 Å². The number of thiophene rings is 1. The number of hydrogen-bond acceptors (Lipinski definition) is 5. The predicted octanol–water partition coefficient (Wildman–Crippen LogP) is 2.78. The molecule has 0 bridgehead atoms. The van der Waals surface area contributed by atoms with Crippen molar-refractivity contribution in [1.82, 2.24) is 14.1 Å². The molecule has 0 spiro atoms. The molecule has 2 amide bonds. The number of carbonyl (C=O) groups excluding carboxylic acids is 2. The molecule has 3 heterocycles. The SMILES string of the molecule is O=C(c1ccc(Cl)c(S(=O)(=O)N2CCCC2)c1)N1CCN(C(=O)c2cccs2)CC1. The fraction of sp³-hybridized carbons (Fsp3) is 0.400. The van der Waals surface area contributed by atoms with Crippen LogP contribution in [0.2, 0.25) is 5.02 Å². The summed E-state index contributed by atoms with van der Waals surface area (Å²) in [7, 11) is -3.72. The van der Waals surface area contributed by atoms with E-state index in [9.17, 15) is 18.0 Å². The Morgan fingerprint density at radius 1 is 0.900 bits per heavy atom. The molecule has 0 saturated carbocycles. The van der Waals surface area contributed by atoms with Gasteiger partial charge in [-0.05, 0) is 42.5 Å². The highest BCUT2D eigenvalue weighted by molar-refractivity contribution is 7.89. The highest BCUT2D eigenvalue weighted by Crippen LogP contribution is 2.28. The third kappa shape index (κ3) is 4.12. The molecule has 0 radical (unpaired) electrons. The Labute approximate surface area is 184 Å². The van der Waals surface area contributed by atoms with Gasteiger partial charge in [0.15, 0.2) is 0 Å². The topological polar surface area (TPSA) is 78.0 Å². The quantitative estimate of drug-likeness (QED) is 0.692. The van der Waals surface area contributed by atoms with Gasteiger partial charge in [-0.1, -0.05) is 17.7 Å². The molecule has 7 nitrogen and oxygen atoms in total. The zero-order valence-electron chi connectivity index (χ0n) is 16.3. The number of sulfonamides is 1. The Hall–Kier alpha value is -1.94. The highest BCUT2D eigenvalue weighted by atomic mass is 35.5. The van der Waals surface area contributed by atoms with Crippen LogP contribution in [-0.4, -0.2) is 73.6 Å². The lowest BCUT2D eigenvalue weighted by atomic mass is 10.2. The van der Waals surface area contributed by atoms with Gasteiger partial charge in [0.1, 0.15) is 4.90 Å². The molecule has 2 aliphatic rings. The fourth-order valence-electron chi connectivity index (χ4n) is 3.75. The van der Waals surface area contributed by atoms with Crippen LogP contribution in [-0.2, 0) is 10.0 Å². The Morgan fingerprint density at radius 2 is 1.53 bits per heavy atom. The first-order chi connectivity index (χ1) is 14.4. The molecule has 4 rings (SSSR count). The van der Waals surface area contributed by atoms with Crippen molar-refractivity contribution < 1.29 is 18.0 Å². The molecule has 30 heavy (non-hydrogen) atoms. The van der Waals surface area contributed by atoms with E-state index in [1.165, 1.54) is 27.8 Å². The Bertz CT molecular complexity index is 1040. The van der Waals surface area contributed by atoms with Crippen molar-refractivity contribution in [2.45, 2.75) is 17.7 Å².